The lowest BCUT2D eigenvalue weighted by atomic mass is 10.2. The normalized spacial score (nSPS) is 10.5. The van der Waals surface area contributed by atoms with E-state index in [0.717, 1.165) is 0 Å². The van der Waals surface area contributed by atoms with E-state index in [1.807, 2.05) is 30.3 Å². The molecule has 0 unspecified atom stereocenters. The fraction of sp³-hybridized carbons (Fsp3) is 0.0667. The van der Waals surface area contributed by atoms with Gasteiger partial charge in [0.15, 0.2) is 11.6 Å². The summed E-state index contributed by atoms with van der Waals surface area (Å²) < 4.78 is 5.56. The molecular formula is C15H11ClN4O3. The Bertz CT molecular complexity index is 836. The Morgan fingerprint density at radius 3 is 2.74 bits per heavy atom. The van der Waals surface area contributed by atoms with Gasteiger partial charge in [-0.25, -0.2) is 4.98 Å². The number of halogens is 1. The van der Waals surface area contributed by atoms with Gasteiger partial charge in [-0.05, 0) is 24.3 Å². The molecule has 0 aliphatic carbocycles. The first-order chi connectivity index (χ1) is 11.1. The van der Waals surface area contributed by atoms with E-state index in [1.165, 1.54) is 12.1 Å². The summed E-state index contributed by atoms with van der Waals surface area (Å²) in [4.78, 5) is 14.6. The van der Waals surface area contributed by atoms with Crippen LogP contribution in [0.1, 0.15) is 5.82 Å². The Morgan fingerprint density at radius 2 is 2.00 bits per heavy atom. The summed E-state index contributed by atoms with van der Waals surface area (Å²) in [6.07, 6.45) is 0. The first-order valence-corrected chi connectivity index (χ1v) is 7.05. The van der Waals surface area contributed by atoms with Gasteiger partial charge in [-0.15, -0.1) is 0 Å². The Kier molecular flexibility index (Phi) is 4.20. The van der Waals surface area contributed by atoms with Gasteiger partial charge in [0.05, 0.1) is 4.92 Å². The highest BCUT2D eigenvalue weighted by atomic mass is 35.5. The molecule has 0 saturated carbocycles. The molecule has 7 nitrogen and oxygen atoms in total. The third-order valence-electron chi connectivity index (χ3n) is 3.05. The van der Waals surface area contributed by atoms with Crippen LogP contribution in [0.2, 0.25) is 5.02 Å². The summed E-state index contributed by atoms with van der Waals surface area (Å²) in [6, 6.07) is 13.7. The van der Waals surface area contributed by atoms with Gasteiger partial charge >= 0.3 is 0 Å². The molecule has 3 aromatic rings. The number of nitrogens with one attached hydrogen (secondary N) is 1. The van der Waals surface area contributed by atoms with E-state index >= 15 is 0 Å². The number of hydrogen-bond donors (Lipinski definition) is 1. The maximum Gasteiger partial charge on any atom is 0.288 e. The molecule has 0 aliphatic rings. The molecule has 8 heteroatoms. The summed E-state index contributed by atoms with van der Waals surface area (Å²) in [6.45, 7) is 0.215. The highest BCUT2D eigenvalue weighted by Gasteiger charge is 2.15. The average Bonchev–Trinajstić information content (AvgIpc) is 3.03. The molecule has 0 fully saturated rings. The van der Waals surface area contributed by atoms with Crippen molar-refractivity contribution in [3.05, 3.63) is 69.5 Å². The van der Waals surface area contributed by atoms with E-state index in [0.29, 0.717) is 23.0 Å². The number of benzene rings is 2. The Labute approximate surface area is 136 Å². The number of hydrogen-bond acceptors (Lipinski definition) is 5. The van der Waals surface area contributed by atoms with Crippen molar-refractivity contribution in [2.45, 2.75) is 6.61 Å². The first-order valence-electron chi connectivity index (χ1n) is 6.67. The monoisotopic (exact) mass is 330 g/mol. The summed E-state index contributed by atoms with van der Waals surface area (Å²) in [5.74, 6) is 1.57. The SMILES string of the molecule is O=[N+]([O-])c1cc(-c2n[nH]c(COc3ccccc3)n2)ccc1Cl. The molecule has 0 atom stereocenters. The predicted molar refractivity (Wildman–Crippen MR) is 84.3 cm³/mol. The van der Waals surface area contributed by atoms with Crippen LogP contribution in [0.15, 0.2) is 48.5 Å². The summed E-state index contributed by atoms with van der Waals surface area (Å²) in [5.41, 5.74) is 0.319. The minimum absolute atomic E-state index is 0.0712. The fourth-order valence-electron chi connectivity index (χ4n) is 1.95. The maximum absolute atomic E-state index is 10.9. The third-order valence-corrected chi connectivity index (χ3v) is 3.37. The van der Waals surface area contributed by atoms with E-state index in [4.69, 9.17) is 16.3 Å². The van der Waals surface area contributed by atoms with Crippen LogP contribution in [0.3, 0.4) is 0 Å². The van der Waals surface area contributed by atoms with Crippen molar-refractivity contribution >= 4 is 17.3 Å². The zero-order chi connectivity index (χ0) is 16.2. The molecule has 116 valence electrons. The topological polar surface area (TPSA) is 93.9 Å². The van der Waals surface area contributed by atoms with Crippen LogP contribution in [-0.2, 0) is 6.61 Å². The second-order valence-corrected chi connectivity index (χ2v) is 5.04. The van der Waals surface area contributed by atoms with Crippen molar-refractivity contribution in [2.24, 2.45) is 0 Å². The number of nitrogens with zero attached hydrogens (tertiary/aromatic N) is 3. The predicted octanol–water partition coefficient (Wildman–Crippen LogP) is 3.61. The van der Waals surface area contributed by atoms with E-state index in [2.05, 4.69) is 15.2 Å². The number of nitro benzene ring substituents is 1. The van der Waals surface area contributed by atoms with Crippen LogP contribution in [0.5, 0.6) is 5.75 Å². The molecule has 3 rings (SSSR count). The number of H-pyrrole nitrogens is 1. The molecule has 1 aromatic heterocycles. The van der Waals surface area contributed by atoms with Gasteiger partial charge in [-0.3, -0.25) is 15.2 Å². The second kappa shape index (κ2) is 6.45. The van der Waals surface area contributed by atoms with Gasteiger partial charge < -0.3 is 4.74 Å². The van der Waals surface area contributed by atoms with Crippen molar-refractivity contribution in [3.8, 4) is 17.1 Å². The van der Waals surface area contributed by atoms with Crippen molar-refractivity contribution in [3.63, 3.8) is 0 Å². The third kappa shape index (κ3) is 3.46. The number of rotatable bonds is 5. The van der Waals surface area contributed by atoms with E-state index in [-0.39, 0.29) is 17.3 Å². The average molecular weight is 331 g/mol. The first kappa shape index (κ1) is 15.0. The maximum atomic E-state index is 10.9. The number of para-hydroxylation sites is 1. The van der Waals surface area contributed by atoms with E-state index in [1.54, 1.807) is 6.07 Å². The molecule has 0 radical (unpaired) electrons. The molecular weight excluding hydrogens is 320 g/mol. The van der Waals surface area contributed by atoms with E-state index in [9.17, 15) is 10.1 Å². The van der Waals surface area contributed by atoms with Crippen LogP contribution in [0.4, 0.5) is 5.69 Å². The van der Waals surface area contributed by atoms with Gasteiger partial charge in [0.2, 0.25) is 0 Å². The van der Waals surface area contributed by atoms with Gasteiger partial charge in [-0.2, -0.15) is 5.10 Å². The molecule has 0 bridgehead atoms. The zero-order valence-electron chi connectivity index (χ0n) is 11.8. The standard InChI is InChI=1S/C15H11ClN4O3/c16-12-7-6-10(8-13(12)20(21)22)15-17-14(18-19-15)9-23-11-4-2-1-3-5-11/h1-8H,9H2,(H,17,18,19). The molecule has 1 N–H and O–H groups in total. The van der Waals surface area contributed by atoms with Crippen molar-refractivity contribution in [2.75, 3.05) is 0 Å². The smallest absolute Gasteiger partial charge is 0.288 e. The molecule has 0 aliphatic heterocycles. The van der Waals surface area contributed by atoms with E-state index < -0.39 is 4.92 Å². The van der Waals surface area contributed by atoms with Crippen molar-refractivity contribution in [1.29, 1.82) is 0 Å². The number of ether oxygens (including phenoxy) is 1. The number of aromatic amines is 1. The second-order valence-electron chi connectivity index (χ2n) is 4.63. The summed E-state index contributed by atoms with van der Waals surface area (Å²) >= 11 is 5.79. The highest BCUT2D eigenvalue weighted by Crippen LogP contribution is 2.28. The Balaban J connectivity index is 1.77. The Morgan fingerprint density at radius 1 is 1.22 bits per heavy atom. The molecule has 0 saturated heterocycles. The lowest BCUT2D eigenvalue weighted by Gasteiger charge is -2.02. The van der Waals surface area contributed by atoms with Crippen molar-refractivity contribution < 1.29 is 9.66 Å². The lowest BCUT2D eigenvalue weighted by molar-refractivity contribution is -0.384. The zero-order valence-corrected chi connectivity index (χ0v) is 12.5. The Hall–Kier alpha value is -2.93. The van der Waals surface area contributed by atoms with Gasteiger partial charge in [0.25, 0.3) is 5.69 Å². The molecule has 0 spiro atoms. The molecule has 23 heavy (non-hydrogen) atoms. The largest absolute Gasteiger partial charge is 0.486 e. The van der Waals surface area contributed by atoms with Crippen molar-refractivity contribution in [1.82, 2.24) is 15.2 Å². The van der Waals surface area contributed by atoms with Crippen LogP contribution in [0.25, 0.3) is 11.4 Å². The summed E-state index contributed by atoms with van der Waals surface area (Å²) in [5, 5.41) is 17.8. The minimum Gasteiger partial charge on any atom is -0.486 e. The minimum atomic E-state index is -0.544. The lowest BCUT2D eigenvalue weighted by Crippen LogP contribution is -1.97. The van der Waals surface area contributed by atoms with Crippen LogP contribution in [-0.4, -0.2) is 20.1 Å². The quantitative estimate of drug-likeness (QED) is 0.569. The molecule has 0 amide bonds. The van der Waals surface area contributed by atoms with Gasteiger partial charge in [0.1, 0.15) is 17.4 Å². The molecule has 2 aromatic carbocycles. The fourth-order valence-corrected chi connectivity index (χ4v) is 2.14. The van der Waals surface area contributed by atoms with Gasteiger partial charge in [0, 0.05) is 11.6 Å². The number of nitro groups is 1. The van der Waals surface area contributed by atoms with Crippen LogP contribution in [0, 0.1) is 10.1 Å². The van der Waals surface area contributed by atoms with Crippen LogP contribution >= 0.6 is 11.6 Å². The highest BCUT2D eigenvalue weighted by molar-refractivity contribution is 6.32. The number of aromatic nitrogens is 3. The molecule has 1 heterocycles. The van der Waals surface area contributed by atoms with Crippen LogP contribution < -0.4 is 4.74 Å². The summed E-state index contributed by atoms with van der Waals surface area (Å²) in [7, 11) is 0. The van der Waals surface area contributed by atoms with Gasteiger partial charge in [-0.1, -0.05) is 29.8 Å².